The van der Waals surface area contributed by atoms with Gasteiger partial charge >= 0.3 is 0 Å². The summed E-state index contributed by atoms with van der Waals surface area (Å²) in [7, 11) is 3.36. The molecule has 3 N–H and O–H groups in total. The number of hydrogen-bond acceptors (Lipinski definition) is 5. The van der Waals surface area contributed by atoms with E-state index in [-0.39, 0.29) is 48.5 Å². The number of nitrogens with zero attached hydrogens (tertiary/aromatic N) is 2. The zero-order valence-electron chi connectivity index (χ0n) is 15.0. The largest absolute Gasteiger partial charge is 0.380 e. The van der Waals surface area contributed by atoms with E-state index in [4.69, 9.17) is 10.5 Å². The van der Waals surface area contributed by atoms with E-state index in [0.29, 0.717) is 23.1 Å². The van der Waals surface area contributed by atoms with Crippen molar-refractivity contribution < 1.29 is 9.53 Å². The number of rotatable bonds is 4. The van der Waals surface area contributed by atoms with E-state index in [1.165, 1.54) is 0 Å². The Balaban J connectivity index is 0.00000243. The number of benzene rings is 1. The standard InChI is InChI=1S/C18H24N4O3.ClH/c1-22(18(24)11-7-8-13(19)15(9-11)25-2)10-16-20-14-6-4-3-5-12(14)17(23)21-16;/h3-6,11,13,15H,7-10,19H2,1-2H3,(H,20,21,23);1H/t11-,13+,15+;/m0./s1. The third-order valence-corrected chi connectivity index (χ3v) is 4.92. The SMILES string of the molecule is CO[C@@H]1C[C@@H](C(=O)N(C)Cc2nc3ccccc3c(=O)[nH]2)CC[C@H]1N.Cl. The van der Waals surface area contributed by atoms with Crippen molar-refractivity contribution in [1.82, 2.24) is 14.9 Å². The van der Waals surface area contributed by atoms with E-state index >= 15 is 0 Å². The van der Waals surface area contributed by atoms with Crippen LogP contribution >= 0.6 is 12.4 Å². The van der Waals surface area contributed by atoms with Crippen molar-refractivity contribution in [2.75, 3.05) is 14.2 Å². The van der Waals surface area contributed by atoms with Crippen LogP contribution in [0.5, 0.6) is 0 Å². The lowest BCUT2D eigenvalue weighted by Crippen LogP contribution is -2.45. The Kier molecular flexibility index (Phi) is 6.75. The number of para-hydroxylation sites is 1. The first-order valence-electron chi connectivity index (χ1n) is 8.51. The number of carbonyl (C=O) groups excluding carboxylic acids is 1. The molecule has 0 unspecified atom stereocenters. The highest BCUT2D eigenvalue weighted by atomic mass is 35.5. The first kappa shape index (κ1) is 20.4. The maximum absolute atomic E-state index is 12.7. The van der Waals surface area contributed by atoms with Crippen LogP contribution in [-0.2, 0) is 16.1 Å². The summed E-state index contributed by atoms with van der Waals surface area (Å²) >= 11 is 0. The second-order valence-corrected chi connectivity index (χ2v) is 6.67. The molecule has 1 aliphatic carbocycles. The van der Waals surface area contributed by atoms with E-state index in [9.17, 15) is 9.59 Å². The number of nitrogens with two attached hydrogens (primary N) is 1. The van der Waals surface area contributed by atoms with Gasteiger partial charge in [-0.15, -0.1) is 12.4 Å². The zero-order valence-corrected chi connectivity index (χ0v) is 15.8. The third kappa shape index (κ3) is 4.23. The first-order valence-corrected chi connectivity index (χ1v) is 8.51. The average molecular weight is 381 g/mol. The molecule has 1 fully saturated rings. The number of aromatic nitrogens is 2. The van der Waals surface area contributed by atoms with Crippen LogP contribution in [0.25, 0.3) is 10.9 Å². The number of H-pyrrole nitrogens is 1. The molecule has 3 rings (SSSR count). The van der Waals surface area contributed by atoms with E-state index in [1.54, 1.807) is 37.3 Å². The summed E-state index contributed by atoms with van der Waals surface area (Å²) in [5.74, 6) is 0.405. The van der Waals surface area contributed by atoms with Gasteiger partial charge in [-0.3, -0.25) is 9.59 Å². The minimum absolute atomic E-state index is 0. The predicted octanol–water partition coefficient (Wildman–Crippen LogP) is 1.45. The molecule has 3 atom stereocenters. The molecule has 1 aliphatic rings. The quantitative estimate of drug-likeness (QED) is 0.835. The van der Waals surface area contributed by atoms with Crippen molar-refractivity contribution in [3.63, 3.8) is 0 Å². The molecular formula is C18H25ClN4O3. The van der Waals surface area contributed by atoms with Gasteiger partial charge in [0, 0.05) is 26.1 Å². The lowest BCUT2D eigenvalue weighted by atomic mass is 9.83. The first-order chi connectivity index (χ1) is 12.0. The van der Waals surface area contributed by atoms with Gasteiger partial charge in [0.1, 0.15) is 5.82 Å². The Hall–Kier alpha value is -1.96. The summed E-state index contributed by atoms with van der Waals surface area (Å²) in [6, 6.07) is 7.15. The number of amides is 1. The van der Waals surface area contributed by atoms with Gasteiger partial charge < -0.3 is 20.4 Å². The summed E-state index contributed by atoms with van der Waals surface area (Å²) in [5, 5.41) is 0.546. The molecule has 142 valence electrons. The second-order valence-electron chi connectivity index (χ2n) is 6.67. The molecule has 0 saturated heterocycles. The van der Waals surface area contributed by atoms with Gasteiger partial charge in [-0.05, 0) is 31.4 Å². The van der Waals surface area contributed by atoms with Crippen LogP contribution in [0.15, 0.2) is 29.1 Å². The van der Waals surface area contributed by atoms with E-state index < -0.39 is 0 Å². The smallest absolute Gasteiger partial charge is 0.258 e. The van der Waals surface area contributed by atoms with Gasteiger partial charge in [-0.1, -0.05) is 12.1 Å². The van der Waals surface area contributed by atoms with E-state index in [2.05, 4.69) is 9.97 Å². The number of ether oxygens (including phenoxy) is 1. The highest BCUT2D eigenvalue weighted by molar-refractivity contribution is 5.85. The Morgan fingerprint density at radius 1 is 1.38 bits per heavy atom. The number of hydrogen-bond donors (Lipinski definition) is 2. The highest BCUT2D eigenvalue weighted by Gasteiger charge is 2.33. The molecular weight excluding hydrogens is 356 g/mol. The van der Waals surface area contributed by atoms with Gasteiger partial charge in [-0.25, -0.2) is 4.98 Å². The number of carbonyl (C=O) groups is 1. The fourth-order valence-electron chi connectivity index (χ4n) is 3.47. The minimum atomic E-state index is -0.190. The average Bonchev–Trinajstić information content (AvgIpc) is 2.61. The number of nitrogens with one attached hydrogen (secondary N) is 1. The predicted molar refractivity (Wildman–Crippen MR) is 102 cm³/mol. The Morgan fingerprint density at radius 2 is 2.12 bits per heavy atom. The number of aromatic amines is 1. The molecule has 1 amide bonds. The van der Waals surface area contributed by atoms with Crippen LogP contribution in [0, 0.1) is 5.92 Å². The lowest BCUT2D eigenvalue weighted by molar-refractivity contribution is -0.137. The molecule has 2 aromatic rings. The molecule has 1 heterocycles. The van der Waals surface area contributed by atoms with E-state index in [1.807, 2.05) is 6.07 Å². The Morgan fingerprint density at radius 3 is 2.85 bits per heavy atom. The Labute approximate surface area is 158 Å². The van der Waals surface area contributed by atoms with Crippen molar-refractivity contribution >= 4 is 29.2 Å². The maximum atomic E-state index is 12.7. The molecule has 26 heavy (non-hydrogen) atoms. The summed E-state index contributed by atoms with van der Waals surface area (Å²) in [6.07, 6.45) is 2.07. The van der Waals surface area contributed by atoms with Crippen LogP contribution in [0.1, 0.15) is 25.1 Å². The maximum Gasteiger partial charge on any atom is 0.258 e. The monoisotopic (exact) mass is 380 g/mol. The van der Waals surface area contributed by atoms with Crippen molar-refractivity contribution in [2.24, 2.45) is 11.7 Å². The van der Waals surface area contributed by atoms with E-state index in [0.717, 1.165) is 12.8 Å². The molecule has 0 aliphatic heterocycles. The zero-order chi connectivity index (χ0) is 18.0. The molecule has 8 heteroatoms. The molecule has 1 aromatic carbocycles. The highest BCUT2D eigenvalue weighted by Crippen LogP contribution is 2.27. The van der Waals surface area contributed by atoms with Crippen molar-refractivity contribution in [3.05, 3.63) is 40.4 Å². The van der Waals surface area contributed by atoms with Crippen molar-refractivity contribution in [2.45, 2.75) is 38.0 Å². The van der Waals surface area contributed by atoms with Crippen LogP contribution in [0.4, 0.5) is 0 Å². The van der Waals surface area contributed by atoms with Crippen LogP contribution in [0.3, 0.4) is 0 Å². The number of fused-ring (bicyclic) bond motifs is 1. The summed E-state index contributed by atoms with van der Waals surface area (Å²) in [4.78, 5) is 33.7. The minimum Gasteiger partial charge on any atom is -0.380 e. The van der Waals surface area contributed by atoms with Crippen molar-refractivity contribution in [3.8, 4) is 0 Å². The van der Waals surface area contributed by atoms with Crippen LogP contribution < -0.4 is 11.3 Å². The summed E-state index contributed by atoms with van der Waals surface area (Å²) in [6.45, 7) is 0.263. The molecule has 1 aromatic heterocycles. The third-order valence-electron chi connectivity index (χ3n) is 4.92. The van der Waals surface area contributed by atoms with Gasteiger partial charge in [0.05, 0.1) is 23.6 Å². The molecule has 0 radical (unpaired) electrons. The lowest BCUT2D eigenvalue weighted by Gasteiger charge is -2.34. The summed E-state index contributed by atoms with van der Waals surface area (Å²) < 4.78 is 5.39. The van der Waals surface area contributed by atoms with Gasteiger partial charge in [-0.2, -0.15) is 0 Å². The van der Waals surface area contributed by atoms with Gasteiger partial charge in [0.2, 0.25) is 5.91 Å². The van der Waals surface area contributed by atoms with Crippen LogP contribution in [-0.4, -0.2) is 47.1 Å². The summed E-state index contributed by atoms with van der Waals surface area (Å²) in [5.41, 5.74) is 6.46. The molecule has 0 bridgehead atoms. The second kappa shape index (κ2) is 8.62. The van der Waals surface area contributed by atoms with Gasteiger partial charge in [0.15, 0.2) is 0 Å². The normalized spacial score (nSPS) is 22.7. The Bertz CT molecular complexity index is 825. The molecule has 0 spiro atoms. The number of methoxy groups -OCH3 is 1. The van der Waals surface area contributed by atoms with Crippen molar-refractivity contribution in [1.29, 1.82) is 0 Å². The fraction of sp³-hybridized carbons (Fsp3) is 0.500. The molecule has 1 saturated carbocycles. The molecule has 7 nitrogen and oxygen atoms in total. The van der Waals surface area contributed by atoms with Gasteiger partial charge in [0.25, 0.3) is 5.56 Å². The number of halogens is 1. The van der Waals surface area contributed by atoms with Crippen LogP contribution in [0.2, 0.25) is 0 Å². The topological polar surface area (TPSA) is 101 Å². The fourth-order valence-corrected chi connectivity index (χ4v) is 3.47.